The van der Waals surface area contributed by atoms with E-state index in [4.69, 9.17) is 0 Å². The second-order valence-electron chi connectivity index (χ2n) is 4.31. The molecule has 0 saturated heterocycles. The summed E-state index contributed by atoms with van der Waals surface area (Å²) in [6.45, 7) is 3.24. The molecule has 0 amide bonds. The second kappa shape index (κ2) is 6.55. The van der Waals surface area contributed by atoms with Crippen LogP contribution in [0.25, 0.3) is 0 Å². The highest BCUT2D eigenvalue weighted by atomic mass is 32.2. The second-order valence-corrected chi connectivity index (χ2v) is 5.42. The Morgan fingerprint density at radius 2 is 2.53 bits per heavy atom. The topological polar surface area (TPSA) is 96.2 Å². The molecule has 0 fully saturated rings. The smallest absolute Gasteiger partial charge is 0.270 e. The number of nitrogens with zero attached hydrogens (tertiary/aromatic N) is 3. The highest BCUT2D eigenvalue weighted by Crippen LogP contribution is 2.12. The lowest BCUT2D eigenvalue weighted by Gasteiger charge is -2.08. The van der Waals surface area contributed by atoms with Crippen LogP contribution in [0, 0.1) is 17.0 Å². The van der Waals surface area contributed by atoms with E-state index in [9.17, 15) is 10.1 Å². The van der Waals surface area contributed by atoms with Crippen LogP contribution >= 0.6 is 11.8 Å². The Morgan fingerprint density at radius 3 is 3.21 bits per heavy atom. The van der Waals surface area contributed by atoms with Crippen molar-refractivity contribution in [2.75, 3.05) is 18.8 Å². The Balaban J connectivity index is 1.65. The maximum Gasteiger partial charge on any atom is 0.270 e. The summed E-state index contributed by atoms with van der Waals surface area (Å²) < 4.78 is 0. The maximum absolute atomic E-state index is 10.8. The van der Waals surface area contributed by atoms with Crippen LogP contribution in [0.2, 0.25) is 0 Å². The Bertz CT molecular complexity index is 473. The summed E-state index contributed by atoms with van der Waals surface area (Å²) in [5.41, 5.74) is 2.15. The molecule has 104 valence electrons. The van der Waals surface area contributed by atoms with Crippen molar-refractivity contribution in [2.45, 2.75) is 25.1 Å². The molecule has 1 aromatic rings. The van der Waals surface area contributed by atoms with Crippen molar-refractivity contribution in [1.82, 2.24) is 15.3 Å². The third-order valence-electron chi connectivity index (χ3n) is 2.98. The number of thioether (sulfide) groups is 1. The van der Waals surface area contributed by atoms with Crippen molar-refractivity contribution in [1.29, 1.82) is 0 Å². The molecule has 2 N–H and O–H groups in total. The van der Waals surface area contributed by atoms with Crippen molar-refractivity contribution in [3.8, 4) is 0 Å². The fourth-order valence-electron chi connectivity index (χ4n) is 1.88. The molecule has 2 rings (SSSR count). The number of aromatic amines is 1. The van der Waals surface area contributed by atoms with E-state index in [1.165, 1.54) is 0 Å². The summed E-state index contributed by atoms with van der Waals surface area (Å²) >= 11 is 1.75. The molecule has 0 aromatic carbocycles. The van der Waals surface area contributed by atoms with Crippen LogP contribution in [0.1, 0.15) is 17.8 Å². The van der Waals surface area contributed by atoms with E-state index in [1.54, 1.807) is 18.1 Å². The number of rotatable bonds is 6. The molecule has 0 aliphatic carbocycles. The molecule has 0 spiro atoms. The molecule has 7 nitrogen and oxygen atoms in total. The number of aromatic nitrogens is 2. The predicted molar refractivity (Wildman–Crippen MR) is 75.2 cm³/mol. The summed E-state index contributed by atoms with van der Waals surface area (Å²) in [5.74, 6) is 2.25. The average Bonchev–Trinajstić information content (AvgIpc) is 2.98. The van der Waals surface area contributed by atoms with Crippen molar-refractivity contribution >= 4 is 17.6 Å². The molecule has 0 saturated carbocycles. The normalized spacial score (nSPS) is 18.4. The standard InChI is InChI=1S/C11H17N5O2S/c1-8-9(15-7-14-8)6-19-5-4-13-11-10(16(17)18)2-3-12-11/h7,10H,2-6H2,1H3,(H,12,13)(H,14,15). The van der Waals surface area contributed by atoms with Crippen LogP contribution in [-0.4, -0.2) is 45.6 Å². The summed E-state index contributed by atoms with van der Waals surface area (Å²) in [7, 11) is 0. The van der Waals surface area contributed by atoms with Gasteiger partial charge in [-0.1, -0.05) is 0 Å². The van der Waals surface area contributed by atoms with Gasteiger partial charge < -0.3 is 10.3 Å². The number of hydrogen-bond acceptors (Lipinski definition) is 6. The molecule has 1 aliphatic rings. The van der Waals surface area contributed by atoms with E-state index >= 15 is 0 Å². The third-order valence-corrected chi connectivity index (χ3v) is 3.95. The molecule has 1 aromatic heterocycles. The van der Waals surface area contributed by atoms with Gasteiger partial charge in [0.05, 0.1) is 12.0 Å². The summed E-state index contributed by atoms with van der Waals surface area (Å²) in [5, 5.41) is 13.8. The van der Waals surface area contributed by atoms with E-state index in [-0.39, 0.29) is 4.92 Å². The minimum absolute atomic E-state index is 0.265. The molecular formula is C11H17N5O2S. The highest BCUT2D eigenvalue weighted by Gasteiger charge is 2.30. The van der Waals surface area contributed by atoms with Gasteiger partial charge in [0.15, 0.2) is 5.84 Å². The number of nitrogens with one attached hydrogen (secondary N) is 2. The third kappa shape index (κ3) is 3.69. The lowest BCUT2D eigenvalue weighted by molar-refractivity contribution is -0.502. The quantitative estimate of drug-likeness (QED) is 0.461. The molecule has 1 unspecified atom stereocenters. The van der Waals surface area contributed by atoms with Crippen LogP contribution in [-0.2, 0) is 5.75 Å². The van der Waals surface area contributed by atoms with Crippen LogP contribution in [0.5, 0.6) is 0 Å². The van der Waals surface area contributed by atoms with Crippen molar-refractivity contribution in [3.05, 3.63) is 27.8 Å². The van der Waals surface area contributed by atoms with Gasteiger partial charge >= 0.3 is 0 Å². The maximum atomic E-state index is 10.8. The predicted octanol–water partition coefficient (Wildman–Crippen LogP) is 0.988. The fourth-order valence-corrected chi connectivity index (χ4v) is 2.76. The lowest BCUT2D eigenvalue weighted by Crippen LogP contribution is -2.37. The van der Waals surface area contributed by atoms with Gasteiger partial charge in [-0.2, -0.15) is 11.8 Å². The Kier molecular flexibility index (Phi) is 4.78. The summed E-state index contributed by atoms with van der Waals surface area (Å²) in [6, 6.07) is -0.640. The zero-order valence-corrected chi connectivity index (χ0v) is 11.6. The number of nitro groups is 1. The molecule has 1 atom stereocenters. The van der Waals surface area contributed by atoms with Gasteiger partial charge in [0.2, 0.25) is 0 Å². The first-order valence-corrected chi connectivity index (χ1v) is 7.32. The highest BCUT2D eigenvalue weighted by molar-refractivity contribution is 7.98. The first kappa shape index (κ1) is 13.9. The van der Waals surface area contributed by atoms with Gasteiger partial charge in [-0.25, -0.2) is 4.98 Å². The zero-order valence-electron chi connectivity index (χ0n) is 10.8. The Morgan fingerprint density at radius 1 is 1.68 bits per heavy atom. The lowest BCUT2D eigenvalue weighted by atomic mass is 10.2. The van der Waals surface area contributed by atoms with E-state index in [0.717, 1.165) is 22.9 Å². The number of aryl methyl sites for hydroxylation is 1. The number of amidine groups is 1. The number of imidazole rings is 1. The molecule has 1 aliphatic heterocycles. The van der Waals surface area contributed by atoms with Gasteiger partial charge in [-0.05, 0) is 6.92 Å². The zero-order chi connectivity index (χ0) is 13.7. The van der Waals surface area contributed by atoms with Crippen LogP contribution in [0.3, 0.4) is 0 Å². The van der Waals surface area contributed by atoms with E-state index in [0.29, 0.717) is 25.3 Å². The average molecular weight is 283 g/mol. The van der Waals surface area contributed by atoms with Crippen LogP contribution in [0.15, 0.2) is 11.3 Å². The van der Waals surface area contributed by atoms with Crippen LogP contribution < -0.4 is 5.32 Å². The van der Waals surface area contributed by atoms with Crippen molar-refractivity contribution < 1.29 is 4.92 Å². The van der Waals surface area contributed by atoms with E-state index < -0.39 is 6.04 Å². The molecule has 0 radical (unpaired) electrons. The molecule has 8 heteroatoms. The van der Waals surface area contributed by atoms with Crippen molar-refractivity contribution in [2.24, 2.45) is 4.99 Å². The molecule has 19 heavy (non-hydrogen) atoms. The van der Waals surface area contributed by atoms with Gasteiger partial charge in [-0.15, -0.1) is 0 Å². The molecule has 2 heterocycles. The Hall–Kier alpha value is -1.57. The van der Waals surface area contributed by atoms with Crippen LogP contribution in [0.4, 0.5) is 0 Å². The number of aliphatic imine (C=N–C) groups is 1. The first-order valence-electron chi connectivity index (χ1n) is 6.17. The van der Waals surface area contributed by atoms with Gasteiger partial charge in [0, 0.05) is 41.6 Å². The van der Waals surface area contributed by atoms with Gasteiger partial charge in [0.25, 0.3) is 6.04 Å². The SMILES string of the molecule is Cc1[nH]cnc1CSCCNC1=NCCC1[N+](=O)[O-]. The van der Waals surface area contributed by atoms with E-state index in [2.05, 4.69) is 20.3 Å². The van der Waals surface area contributed by atoms with Gasteiger partial charge in [-0.3, -0.25) is 15.1 Å². The number of hydrogen-bond donors (Lipinski definition) is 2. The number of H-pyrrole nitrogens is 1. The van der Waals surface area contributed by atoms with Crippen molar-refractivity contribution in [3.63, 3.8) is 0 Å². The summed E-state index contributed by atoms with van der Waals surface area (Å²) in [4.78, 5) is 21.9. The minimum atomic E-state index is -0.640. The van der Waals surface area contributed by atoms with Gasteiger partial charge in [0.1, 0.15) is 0 Å². The first-order chi connectivity index (χ1) is 9.18. The monoisotopic (exact) mass is 283 g/mol. The summed E-state index contributed by atoms with van der Waals surface area (Å²) in [6.07, 6.45) is 2.20. The molecule has 0 bridgehead atoms. The molecular weight excluding hydrogens is 266 g/mol. The minimum Gasteiger partial charge on any atom is -0.367 e. The van der Waals surface area contributed by atoms with E-state index in [1.807, 2.05) is 6.92 Å². The largest absolute Gasteiger partial charge is 0.367 e. The fraction of sp³-hybridized carbons (Fsp3) is 0.636. The Labute approximate surface area is 115 Å².